The van der Waals surface area contributed by atoms with Crippen LogP contribution in [-0.2, 0) is 14.3 Å². The number of amides is 2. The number of β-amino-alcohol motifs (C(OH)–C–C–N with tert-alkyl or cyclic N) is 1. The summed E-state index contributed by atoms with van der Waals surface area (Å²) in [7, 11) is 1.48. The number of piperazine rings is 1. The minimum absolute atomic E-state index is 0.149. The van der Waals surface area contributed by atoms with Gasteiger partial charge in [0, 0.05) is 33.3 Å². The highest BCUT2D eigenvalue weighted by molar-refractivity contribution is 6.35. The third-order valence-electron chi connectivity index (χ3n) is 2.57. The third-order valence-corrected chi connectivity index (χ3v) is 2.57. The van der Waals surface area contributed by atoms with Crippen LogP contribution in [0.4, 0.5) is 0 Å². The number of hydrogen-bond donors (Lipinski definition) is 1. The van der Waals surface area contributed by atoms with Gasteiger partial charge in [-0.3, -0.25) is 9.59 Å². The molecule has 1 N–H and O–H groups in total. The van der Waals surface area contributed by atoms with Gasteiger partial charge < -0.3 is 19.6 Å². The van der Waals surface area contributed by atoms with E-state index in [1.165, 1.54) is 16.9 Å². The Bertz CT molecular complexity index is 270. The van der Waals surface area contributed by atoms with Crippen LogP contribution in [0.1, 0.15) is 6.92 Å². The van der Waals surface area contributed by atoms with Crippen LogP contribution in [0, 0.1) is 0 Å². The molecule has 0 aliphatic carbocycles. The fourth-order valence-electron chi connectivity index (χ4n) is 1.69. The number of aliphatic hydroxyl groups is 1. The standard InChI is InChI=1S/C10H18N2O4/c1-3-11-4-5-12(10(15)9(11)14)6-8(13)7-16-2/h8,13H,3-7H2,1-2H3. The Labute approximate surface area is 94.8 Å². The predicted molar refractivity (Wildman–Crippen MR) is 56.7 cm³/mol. The van der Waals surface area contributed by atoms with Gasteiger partial charge in [0.15, 0.2) is 0 Å². The lowest BCUT2D eigenvalue weighted by Crippen LogP contribution is -2.55. The van der Waals surface area contributed by atoms with E-state index in [2.05, 4.69) is 0 Å². The molecule has 0 radical (unpaired) electrons. The lowest BCUT2D eigenvalue weighted by atomic mass is 10.2. The summed E-state index contributed by atoms with van der Waals surface area (Å²) in [6.45, 7) is 3.69. The summed E-state index contributed by atoms with van der Waals surface area (Å²) in [5.41, 5.74) is 0. The summed E-state index contributed by atoms with van der Waals surface area (Å²) < 4.78 is 4.77. The van der Waals surface area contributed by atoms with Gasteiger partial charge in [-0.05, 0) is 6.92 Å². The number of carbonyl (C=O) groups excluding carboxylic acids is 2. The van der Waals surface area contributed by atoms with Crippen molar-refractivity contribution in [2.75, 3.05) is 39.9 Å². The Hall–Kier alpha value is -1.14. The van der Waals surface area contributed by atoms with Crippen LogP contribution in [-0.4, -0.2) is 72.7 Å². The molecular formula is C10H18N2O4. The topological polar surface area (TPSA) is 70.1 Å². The van der Waals surface area contributed by atoms with Gasteiger partial charge in [-0.1, -0.05) is 0 Å². The minimum Gasteiger partial charge on any atom is -0.389 e. The second-order valence-corrected chi connectivity index (χ2v) is 3.75. The van der Waals surface area contributed by atoms with E-state index in [0.717, 1.165) is 0 Å². The van der Waals surface area contributed by atoms with Gasteiger partial charge in [-0.15, -0.1) is 0 Å². The number of aliphatic hydroxyl groups excluding tert-OH is 1. The van der Waals surface area contributed by atoms with Crippen molar-refractivity contribution in [1.29, 1.82) is 0 Å². The molecule has 1 aliphatic heterocycles. The van der Waals surface area contributed by atoms with Crippen LogP contribution in [0.15, 0.2) is 0 Å². The molecular weight excluding hydrogens is 212 g/mol. The first-order chi connectivity index (χ1) is 7.60. The number of methoxy groups -OCH3 is 1. The van der Waals surface area contributed by atoms with E-state index in [0.29, 0.717) is 19.6 Å². The summed E-state index contributed by atoms with van der Waals surface area (Å²) in [6, 6.07) is 0. The second kappa shape index (κ2) is 5.81. The smallest absolute Gasteiger partial charge is 0.312 e. The number of nitrogens with zero attached hydrogens (tertiary/aromatic N) is 2. The molecule has 6 heteroatoms. The molecule has 1 fully saturated rings. The maximum Gasteiger partial charge on any atom is 0.312 e. The zero-order valence-electron chi connectivity index (χ0n) is 9.68. The summed E-state index contributed by atoms with van der Waals surface area (Å²) in [5.74, 6) is -1.03. The zero-order valence-corrected chi connectivity index (χ0v) is 9.68. The van der Waals surface area contributed by atoms with E-state index < -0.39 is 17.9 Å². The maximum atomic E-state index is 11.6. The molecule has 1 saturated heterocycles. The Morgan fingerprint density at radius 1 is 1.31 bits per heavy atom. The second-order valence-electron chi connectivity index (χ2n) is 3.75. The Kier molecular flexibility index (Phi) is 4.70. The monoisotopic (exact) mass is 230 g/mol. The normalized spacial score (nSPS) is 19.2. The van der Waals surface area contributed by atoms with Crippen molar-refractivity contribution in [1.82, 2.24) is 9.80 Å². The van der Waals surface area contributed by atoms with Crippen LogP contribution in [0.5, 0.6) is 0 Å². The zero-order chi connectivity index (χ0) is 12.1. The van der Waals surface area contributed by atoms with Crippen molar-refractivity contribution < 1.29 is 19.4 Å². The predicted octanol–water partition coefficient (Wildman–Crippen LogP) is -1.32. The number of hydrogen-bond acceptors (Lipinski definition) is 4. The fraction of sp³-hybridized carbons (Fsp3) is 0.800. The lowest BCUT2D eigenvalue weighted by molar-refractivity contribution is -0.157. The van der Waals surface area contributed by atoms with E-state index in [1.807, 2.05) is 6.92 Å². The van der Waals surface area contributed by atoms with Crippen LogP contribution in [0.2, 0.25) is 0 Å². The molecule has 6 nitrogen and oxygen atoms in total. The van der Waals surface area contributed by atoms with E-state index >= 15 is 0 Å². The quantitative estimate of drug-likeness (QED) is 0.595. The van der Waals surface area contributed by atoms with Gasteiger partial charge >= 0.3 is 11.8 Å². The molecule has 1 atom stereocenters. The summed E-state index contributed by atoms with van der Waals surface area (Å²) in [5, 5.41) is 9.48. The molecule has 0 bridgehead atoms. The molecule has 1 aliphatic rings. The average Bonchev–Trinajstić information content (AvgIpc) is 2.25. The maximum absolute atomic E-state index is 11.6. The highest BCUT2D eigenvalue weighted by Gasteiger charge is 2.32. The average molecular weight is 230 g/mol. The first-order valence-electron chi connectivity index (χ1n) is 5.35. The molecule has 0 aromatic heterocycles. The van der Waals surface area contributed by atoms with Crippen molar-refractivity contribution in [3.63, 3.8) is 0 Å². The van der Waals surface area contributed by atoms with Crippen molar-refractivity contribution in [3.05, 3.63) is 0 Å². The Morgan fingerprint density at radius 2 is 1.88 bits per heavy atom. The molecule has 16 heavy (non-hydrogen) atoms. The lowest BCUT2D eigenvalue weighted by Gasteiger charge is -2.34. The molecule has 92 valence electrons. The number of ether oxygens (including phenoxy) is 1. The van der Waals surface area contributed by atoms with Crippen molar-refractivity contribution in [2.24, 2.45) is 0 Å². The van der Waals surface area contributed by atoms with E-state index in [9.17, 15) is 14.7 Å². The first kappa shape index (κ1) is 12.9. The molecule has 1 rings (SSSR count). The van der Waals surface area contributed by atoms with Crippen molar-refractivity contribution in [3.8, 4) is 0 Å². The van der Waals surface area contributed by atoms with Gasteiger partial charge in [0.1, 0.15) is 0 Å². The van der Waals surface area contributed by atoms with Crippen LogP contribution in [0.25, 0.3) is 0 Å². The first-order valence-corrected chi connectivity index (χ1v) is 5.35. The largest absolute Gasteiger partial charge is 0.389 e. The SMILES string of the molecule is CCN1CCN(CC(O)COC)C(=O)C1=O. The Balaban J connectivity index is 2.51. The molecule has 1 unspecified atom stereocenters. The molecule has 0 spiro atoms. The minimum atomic E-state index is -0.741. The molecule has 0 aromatic carbocycles. The van der Waals surface area contributed by atoms with Crippen molar-refractivity contribution >= 4 is 11.8 Å². The van der Waals surface area contributed by atoms with E-state index in [4.69, 9.17) is 4.74 Å². The summed E-state index contributed by atoms with van der Waals surface area (Å²) >= 11 is 0. The van der Waals surface area contributed by atoms with Crippen LogP contribution >= 0.6 is 0 Å². The van der Waals surface area contributed by atoms with E-state index in [1.54, 1.807) is 0 Å². The summed E-state index contributed by atoms with van der Waals surface area (Å²) in [6.07, 6.45) is -0.741. The molecule has 0 saturated carbocycles. The van der Waals surface area contributed by atoms with Gasteiger partial charge in [0.2, 0.25) is 0 Å². The van der Waals surface area contributed by atoms with Gasteiger partial charge in [-0.2, -0.15) is 0 Å². The van der Waals surface area contributed by atoms with Crippen molar-refractivity contribution in [2.45, 2.75) is 13.0 Å². The molecule has 2 amide bonds. The summed E-state index contributed by atoms with van der Waals surface area (Å²) in [4.78, 5) is 26.0. The molecule has 1 heterocycles. The van der Waals surface area contributed by atoms with Gasteiger partial charge in [0.05, 0.1) is 12.7 Å². The number of carbonyl (C=O) groups is 2. The van der Waals surface area contributed by atoms with E-state index in [-0.39, 0.29) is 13.2 Å². The fourth-order valence-corrected chi connectivity index (χ4v) is 1.69. The highest BCUT2D eigenvalue weighted by atomic mass is 16.5. The number of rotatable bonds is 5. The van der Waals surface area contributed by atoms with Gasteiger partial charge in [-0.25, -0.2) is 0 Å². The Morgan fingerprint density at radius 3 is 2.44 bits per heavy atom. The molecule has 0 aromatic rings. The third kappa shape index (κ3) is 2.93. The highest BCUT2D eigenvalue weighted by Crippen LogP contribution is 2.05. The number of likely N-dealkylation sites (N-methyl/N-ethyl adjacent to an activating group) is 1. The van der Waals surface area contributed by atoms with Gasteiger partial charge in [0.25, 0.3) is 0 Å². The van der Waals surface area contributed by atoms with Crippen LogP contribution in [0.3, 0.4) is 0 Å². The van der Waals surface area contributed by atoms with Crippen LogP contribution < -0.4 is 0 Å².